The molecule has 6 nitrogen and oxygen atoms in total. The van der Waals surface area contributed by atoms with Crippen LogP contribution in [0.1, 0.15) is 38.3 Å². The molecule has 124 valence electrons. The third-order valence-electron chi connectivity index (χ3n) is 4.24. The molecule has 1 aliphatic heterocycles. The molecule has 2 aromatic heterocycles. The van der Waals surface area contributed by atoms with E-state index in [4.69, 9.17) is 4.74 Å². The maximum Gasteiger partial charge on any atom is 0.312 e. The molecule has 7 heteroatoms. The summed E-state index contributed by atoms with van der Waals surface area (Å²) >= 11 is 1.51. The molecule has 3 rings (SSSR count). The number of thiazole rings is 1. The van der Waals surface area contributed by atoms with Crippen molar-refractivity contribution >= 4 is 28.2 Å². The molecule has 3 heterocycles. The van der Waals surface area contributed by atoms with Crippen LogP contribution in [0.4, 0.5) is 0 Å². The summed E-state index contributed by atoms with van der Waals surface area (Å²) in [4.78, 5) is 31.2. The van der Waals surface area contributed by atoms with Crippen molar-refractivity contribution in [3.8, 4) is 0 Å². The lowest BCUT2D eigenvalue weighted by Crippen LogP contribution is -2.45. The van der Waals surface area contributed by atoms with Crippen LogP contribution < -0.4 is 0 Å². The normalized spacial score (nSPS) is 18.3. The van der Waals surface area contributed by atoms with Crippen LogP contribution in [0.25, 0.3) is 4.96 Å². The number of hydrogen-bond donors (Lipinski definition) is 0. The average Bonchev–Trinajstić information content (AvgIpc) is 3.13. The Labute approximate surface area is 139 Å². The van der Waals surface area contributed by atoms with E-state index in [0.717, 1.165) is 30.8 Å². The first-order chi connectivity index (χ1) is 11.2. The van der Waals surface area contributed by atoms with Crippen molar-refractivity contribution in [3.05, 3.63) is 23.5 Å². The maximum atomic E-state index is 12.3. The number of likely N-dealkylation sites (tertiary alicyclic amines) is 1. The topological polar surface area (TPSA) is 63.9 Å². The van der Waals surface area contributed by atoms with Crippen LogP contribution in [-0.2, 0) is 20.7 Å². The van der Waals surface area contributed by atoms with Gasteiger partial charge in [-0.2, -0.15) is 0 Å². The van der Waals surface area contributed by atoms with Gasteiger partial charge in [0, 0.05) is 30.4 Å². The number of rotatable bonds is 5. The number of imidazole rings is 1. The summed E-state index contributed by atoms with van der Waals surface area (Å²) in [5, 5.41) is 1.94. The third-order valence-corrected chi connectivity index (χ3v) is 5.01. The molecule has 0 aliphatic carbocycles. The zero-order valence-corrected chi connectivity index (χ0v) is 14.1. The Hall–Kier alpha value is -1.89. The summed E-state index contributed by atoms with van der Waals surface area (Å²) in [6.45, 7) is 2.69. The highest BCUT2D eigenvalue weighted by molar-refractivity contribution is 7.15. The van der Waals surface area contributed by atoms with Gasteiger partial charge in [-0.05, 0) is 25.7 Å². The van der Waals surface area contributed by atoms with Crippen LogP contribution in [0.2, 0.25) is 0 Å². The number of aromatic nitrogens is 2. The second-order valence-corrected chi connectivity index (χ2v) is 6.68. The van der Waals surface area contributed by atoms with E-state index in [1.807, 2.05) is 27.1 Å². The number of ether oxygens (including phenoxy) is 1. The molecule has 0 bridgehead atoms. The van der Waals surface area contributed by atoms with Gasteiger partial charge in [0.1, 0.15) is 0 Å². The number of esters is 1. The third kappa shape index (κ3) is 3.72. The van der Waals surface area contributed by atoms with Gasteiger partial charge < -0.3 is 9.64 Å². The van der Waals surface area contributed by atoms with E-state index < -0.39 is 5.97 Å². The van der Waals surface area contributed by atoms with Crippen molar-refractivity contribution in [2.45, 2.75) is 45.1 Å². The number of carbonyl (C=O) groups is 2. The number of nitrogens with zero attached hydrogens (tertiary/aromatic N) is 3. The maximum absolute atomic E-state index is 12.3. The summed E-state index contributed by atoms with van der Waals surface area (Å²) in [7, 11) is 0. The standard InChI is InChI=1S/C16H21N3O3S/c1-2-13-5-3-4-6-19(13)14(20)11-22-15(21)9-12-10-18-7-8-23-16(18)17-12/h7-8,10,13H,2-6,9,11H2,1H3. The van der Waals surface area contributed by atoms with Gasteiger partial charge in [-0.3, -0.25) is 14.0 Å². The van der Waals surface area contributed by atoms with Gasteiger partial charge in [-0.15, -0.1) is 11.3 Å². The predicted octanol–water partition coefficient (Wildman–Crippen LogP) is 2.27. The fraction of sp³-hybridized carbons (Fsp3) is 0.562. The number of piperidine rings is 1. The Bertz CT molecular complexity index is 665. The zero-order valence-electron chi connectivity index (χ0n) is 13.2. The van der Waals surface area contributed by atoms with E-state index in [1.165, 1.54) is 17.8 Å². The Morgan fingerprint density at radius 2 is 2.30 bits per heavy atom. The van der Waals surface area contributed by atoms with Crippen molar-refractivity contribution in [2.75, 3.05) is 13.2 Å². The van der Waals surface area contributed by atoms with Crippen LogP contribution in [0, 0.1) is 0 Å². The minimum atomic E-state index is -0.408. The van der Waals surface area contributed by atoms with Crippen LogP contribution in [0.15, 0.2) is 17.8 Å². The van der Waals surface area contributed by atoms with Gasteiger partial charge >= 0.3 is 5.97 Å². The molecule has 1 fully saturated rings. The number of fused-ring (bicyclic) bond motifs is 1. The highest BCUT2D eigenvalue weighted by Gasteiger charge is 2.25. The molecule has 1 unspecified atom stereocenters. The van der Waals surface area contributed by atoms with Gasteiger partial charge in [-0.1, -0.05) is 6.92 Å². The van der Waals surface area contributed by atoms with E-state index in [2.05, 4.69) is 11.9 Å². The smallest absolute Gasteiger partial charge is 0.312 e. The van der Waals surface area contributed by atoms with Crippen molar-refractivity contribution in [3.63, 3.8) is 0 Å². The molecule has 0 aromatic carbocycles. The van der Waals surface area contributed by atoms with Crippen molar-refractivity contribution in [1.29, 1.82) is 0 Å². The van der Waals surface area contributed by atoms with Gasteiger partial charge in [-0.25, -0.2) is 4.98 Å². The highest BCUT2D eigenvalue weighted by atomic mass is 32.1. The molecule has 1 amide bonds. The molecule has 2 aromatic rings. The lowest BCUT2D eigenvalue weighted by Gasteiger charge is -2.35. The molecule has 1 atom stereocenters. The molecule has 0 spiro atoms. The molecular weight excluding hydrogens is 314 g/mol. The number of carbonyl (C=O) groups excluding carboxylic acids is 2. The number of hydrogen-bond acceptors (Lipinski definition) is 5. The van der Waals surface area contributed by atoms with E-state index in [9.17, 15) is 9.59 Å². The second-order valence-electron chi connectivity index (χ2n) is 5.81. The Morgan fingerprint density at radius 3 is 3.09 bits per heavy atom. The van der Waals surface area contributed by atoms with Crippen molar-refractivity contribution in [1.82, 2.24) is 14.3 Å². The highest BCUT2D eigenvalue weighted by Crippen LogP contribution is 2.19. The molecule has 0 N–H and O–H groups in total. The first-order valence-corrected chi connectivity index (χ1v) is 8.91. The number of amides is 1. The summed E-state index contributed by atoms with van der Waals surface area (Å²) in [5.41, 5.74) is 0.665. The first-order valence-electron chi connectivity index (χ1n) is 8.03. The Morgan fingerprint density at radius 1 is 1.43 bits per heavy atom. The Balaban J connectivity index is 1.50. The lowest BCUT2D eigenvalue weighted by molar-refractivity contribution is -0.153. The van der Waals surface area contributed by atoms with Crippen LogP contribution in [0.3, 0.4) is 0 Å². The van der Waals surface area contributed by atoms with Gasteiger partial charge in [0.05, 0.1) is 12.1 Å². The Kier molecular flexibility index (Phi) is 4.95. The minimum absolute atomic E-state index is 0.0873. The van der Waals surface area contributed by atoms with E-state index in [0.29, 0.717) is 5.69 Å². The van der Waals surface area contributed by atoms with E-state index in [-0.39, 0.29) is 25.0 Å². The molecule has 1 aliphatic rings. The molecule has 23 heavy (non-hydrogen) atoms. The average molecular weight is 335 g/mol. The summed E-state index contributed by atoms with van der Waals surface area (Å²) in [5.74, 6) is -0.495. The fourth-order valence-electron chi connectivity index (χ4n) is 3.04. The quantitative estimate of drug-likeness (QED) is 0.786. The van der Waals surface area contributed by atoms with Crippen molar-refractivity contribution < 1.29 is 14.3 Å². The summed E-state index contributed by atoms with van der Waals surface area (Å²) < 4.78 is 7.02. The van der Waals surface area contributed by atoms with Crippen LogP contribution in [-0.4, -0.2) is 45.4 Å². The largest absolute Gasteiger partial charge is 0.455 e. The summed E-state index contributed by atoms with van der Waals surface area (Å²) in [6, 6.07) is 0.287. The van der Waals surface area contributed by atoms with Crippen molar-refractivity contribution in [2.24, 2.45) is 0 Å². The van der Waals surface area contributed by atoms with Gasteiger partial charge in [0.25, 0.3) is 5.91 Å². The molecule has 1 saturated heterocycles. The van der Waals surface area contributed by atoms with E-state index in [1.54, 1.807) is 0 Å². The second kappa shape index (κ2) is 7.12. The summed E-state index contributed by atoms with van der Waals surface area (Å²) in [6.07, 6.45) is 7.99. The molecule has 0 radical (unpaired) electrons. The molecular formula is C16H21N3O3S. The fourth-order valence-corrected chi connectivity index (χ4v) is 3.76. The first kappa shape index (κ1) is 16.0. The predicted molar refractivity (Wildman–Crippen MR) is 87.4 cm³/mol. The van der Waals surface area contributed by atoms with Gasteiger partial charge in [0.15, 0.2) is 11.6 Å². The van der Waals surface area contributed by atoms with E-state index >= 15 is 0 Å². The zero-order chi connectivity index (χ0) is 16.2. The minimum Gasteiger partial charge on any atom is -0.455 e. The van der Waals surface area contributed by atoms with Crippen LogP contribution >= 0.6 is 11.3 Å². The molecule has 0 saturated carbocycles. The lowest BCUT2D eigenvalue weighted by atomic mass is 10.00. The van der Waals surface area contributed by atoms with Crippen LogP contribution in [0.5, 0.6) is 0 Å². The SMILES string of the molecule is CCC1CCCCN1C(=O)COC(=O)Cc1cn2ccsc2n1. The monoisotopic (exact) mass is 335 g/mol. The van der Waals surface area contributed by atoms with Gasteiger partial charge in [0.2, 0.25) is 0 Å².